The molecule has 0 aromatic carbocycles. The van der Waals surface area contributed by atoms with E-state index in [-0.39, 0.29) is 18.1 Å². The zero-order chi connectivity index (χ0) is 13.0. The standard InChI is InChI=1S/C13H25N3O2/c1-2-4-12(14)13(17)15-7-11-8-16-6-3-5-10(16)9-18-11/h10-12H,2-9,14H2,1H3,(H,15,17). The SMILES string of the molecule is CCCC(N)C(=O)NCC1CN2CCCC2CO1. The molecule has 1 amide bonds. The van der Waals surface area contributed by atoms with Crippen molar-refractivity contribution in [2.75, 3.05) is 26.2 Å². The molecule has 2 saturated heterocycles. The molecule has 2 aliphatic heterocycles. The molecule has 18 heavy (non-hydrogen) atoms. The molecule has 104 valence electrons. The van der Waals surface area contributed by atoms with E-state index in [4.69, 9.17) is 10.5 Å². The minimum atomic E-state index is -0.377. The van der Waals surface area contributed by atoms with Crippen molar-refractivity contribution in [1.29, 1.82) is 0 Å². The molecule has 2 rings (SSSR count). The Balaban J connectivity index is 1.69. The molecule has 3 unspecified atom stereocenters. The van der Waals surface area contributed by atoms with E-state index in [1.165, 1.54) is 19.4 Å². The van der Waals surface area contributed by atoms with Gasteiger partial charge in [0.2, 0.25) is 5.91 Å². The van der Waals surface area contributed by atoms with Crippen molar-refractivity contribution in [3.8, 4) is 0 Å². The Morgan fingerprint density at radius 1 is 1.61 bits per heavy atom. The number of nitrogens with two attached hydrogens (primary N) is 1. The number of nitrogens with one attached hydrogen (secondary N) is 1. The number of ether oxygens (including phenoxy) is 1. The Morgan fingerprint density at radius 3 is 3.22 bits per heavy atom. The van der Waals surface area contributed by atoms with Crippen LogP contribution in [0, 0.1) is 0 Å². The van der Waals surface area contributed by atoms with Crippen molar-refractivity contribution in [1.82, 2.24) is 10.2 Å². The second-order valence-corrected chi connectivity index (χ2v) is 5.39. The Labute approximate surface area is 109 Å². The van der Waals surface area contributed by atoms with Crippen LogP contribution in [0.1, 0.15) is 32.6 Å². The van der Waals surface area contributed by atoms with Crippen LogP contribution >= 0.6 is 0 Å². The summed E-state index contributed by atoms with van der Waals surface area (Å²) in [5.41, 5.74) is 5.77. The van der Waals surface area contributed by atoms with Crippen molar-refractivity contribution in [2.24, 2.45) is 5.73 Å². The van der Waals surface area contributed by atoms with Crippen LogP contribution < -0.4 is 11.1 Å². The summed E-state index contributed by atoms with van der Waals surface area (Å²) >= 11 is 0. The van der Waals surface area contributed by atoms with Crippen molar-refractivity contribution < 1.29 is 9.53 Å². The third kappa shape index (κ3) is 3.43. The van der Waals surface area contributed by atoms with Gasteiger partial charge < -0.3 is 15.8 Å². The number of rotatable bonds is 5. The molecule has 3 atom stereocenters. The first kappa shape index (κ1) is 13.8. The zero-order valence-corrected chi connectivity index (χ0v) is 11.2. The van der Waals surface area contributed by atoms with Gasteiger partial charge in [-0.3, -0.25) is 9.69 Å². The first-order valence-corrected chi connectivity index (χ1v) is 7.09. The highest BCUT2D eigenvalue weighted by Crippen LogP contribution is 2.22. The average Bonchev–Trinajstić information content (AvgIpc) is 2.83. The van der Waals surface area contributed by atoms with Gasteiger partial charge in [0, 0.05) is 19.1 Å². The highest BCUT2D eigenvalue weighted by atomic mass is 16.5. The average molecular weight is 255 g/mol. The van der Waals surface area contributed by atoms with Gasteiger partial charge in [-0.25, -0.2) is 0 Å². The minimum absolute atomic E-state index is 0.0519. The van der Waals surface area contributed by atoms with Crippen LogP contribution in [0.5, 0.6) is 0 Å². The smallest absolute Gasteiger partial charge is 0.237 e. The first-order chi connectivity index (χ1) is 8.70. The normalized spacial score (nSPS) is 29.9. The maximum Gasteiger partial charge on any atom is 0.237 e. The van der Waals surface area contributed by atoms with Gasteiger partial charge in [0.1, 0.15) is 0 Å². The van der Waals surface area contributed by atoms with Crippen LogP contribution in [0.3, 0.4) is 0 Å². The summed E-state index contributed by atoms with van der Waals surface area (Å²) in [5, 5.41) is 2.90. The fraction of sp³-hybridized carbons (Fsp3) is 0.923. The topological polar surface area (TPSA) is 67.6 Å². The van der Waals surface area contributed by atoms with Crippen LogP contribution in [-0.4, -0.2) is 55.2 Å². The Hall–Kier alpha value is -0.650. The van der Waals surface area contributed by atoms with Gasteiger partial charge in [-0.2, -0.15) is 0 Å². The highest BCUT2D eigenvalue weighted by molar-refractivity contribution is 5.81. The van der Waals surface area contributed by atoms with Crippen LogP contribution in [0.25, 0.3) is 0 Å². The van der Waals surface area contributed by atoms with Crippen molar-refractivity contribution in [2.45, 2.75) is 50.8 Å². The lowest BCUT2D eigenvalue weighted by Crippen LogP contribution is -2.51. The number of fused-ring (bicyclic) bond motifs is 1. The van der Waals surface area contributed by atoms with E-state index in [1.807, 2.05) is 6.92 Å². The number of carbonyl (C=O) groups excluding carboxylic acids is 1. The number of carbonyl (C=O) groups is 1. The summed E-state index contributed by atoms with van der Waals surface area (Å²) in [6.45, 7) is 5.54. The van der Waals surface area contributed by atoms with E-state index in [9.17, 15) is 4.79 Å². The lowest BCUT2D eigenvalue weighted by Gasteiger charge is -2.35. The molecule has 5 nitrogen and oxygen atoms in total. The summed E-state index contributed by atoms with van der Waals surface area (Å²) in [6.07, 6.45) is 4.32. The molecule has 0 aromatic rings. The number of morpholine rings is 1. The molecule has 0 spiro atoms. The Morgan fingerprint density at radius 2 is 2.44 bits per heavy atom. The van der Waals surface area contributed by atoms with E-state index >= 15 is 0 Å². The van der Waals surface area contributed by atoms with Crippen LogP contribution in [-0.2, 0) is 9.53 Å². The van der Waals surface area contributed by atoms with Gasteiger partial charge in [-0.1, -0.05) is 13.3 Å². The molecule has 0 saturated carbocycles. The van der Waals surface area contributed by atoms with E-state index < -0.39 is 0 Å². The fourth-order valence-electron chi connectivity index (χ4n) is 2.80. The molecule has 2 heterocycles. The maximum atomic E-state index is 11.7. The van der Waals surface area contributed by atoms with E-state index in [2.05, 4.69) is 10.2 Å². The summed E-state index contributed by atoms with van der Waals surface area (Å²) in [7, 11) is 0. The van der Waals surface area contributed by atoms with E-state index in [1.54, 1.807) is 0 Å². The summed E-state index contributed by atoms with van der Waals surface area (Å²) < 4.78 is 5.78. The predicted molar refractivity (Wildman–Crippen MR) is 70.2 cm³/mol. The number of hydrogen-bond acceptors (Lipinski definition) is 4. The number of hydrogen-bond donors (Lipinski definition) is 2. The van der Waals surface area contributed by atoms with Gasteiger partial charge in [0.15, 0.2) is 0 Å². The van der Waals surface area contributed by atoms with Crippen LogP contribution in [0.2, 0.25) is 0 Å². The lowest BCUT2D eigenvalue weighted by molar-refractivity contribution is -0.124. The predicted octanol–water partition coefficient (Wildman–Crippen LogP) is 0.0932. The first-order valence-electron chi connectivity index (χ1n) is 7.09. The quantitative estimate of drug-likeness (QED) is 0.731. The molecule has 0 aliphatic carbocycles. The van der Waals surface area contributed by atoms with E-state index in [0.29, 0.717) is 12.6 Å². The summed E-state index contributed by atoms with van der Waals surface area (Å²) in [4.78, 5) is 14.2. The molecule has 2 fully saturated rings. The molecule has 3 N–H and O–H groups in total. The molecule has 0 aromatic heterocycles. The maximum absolute atomic E-state index is 11.7. The van der Waals surface area contributed by atoms with Crippen LogP contribution in [0.4, 0.5) is 0 Å². The van der Waals surface area contributed by atoms with Crippen molar-refractivity contribution in [3.05, 3.63) is 0 Å². The van der Waals surface area contributed by atoms with Gasteiger partial charge in [0.05, 0.1) is 18.8 Å². The third-order valence-electron chi connectivity index (χ3n) is 3.90. The summed E-state index contributed by atoms with van der Waals surface area (Å²) in [5.74, 6) is -0.0519. The number of nitrogens with zero attached hydrogens (tertiary/aromatic N) is 1. The largest absolute Gasteiger partial charge is 0.373 e. The molecule has 0 radical (unpaired) electrons. The minimum Gasteiger partial charge on any atom is -0.373 e. The van der Waals surface area contributed by atoms with E-state index in [0.717, 1.165) is 26.0 Å². The van der Waals surface area contributed by atoms with Gasteiger partial charge >= 0.3 is 0 Å². The zero-order valence-electron chi connectivity index (χ0n) is 11.2. The molecule has 0 bridgehead atoms. The Kier molecular flexibility index (Phi) is 4.97. The number of amides is 1. The second-order valence-electron chi connectivity index (χ2n) is 5.39. The molecular weight excluding hydrogens is 230 g/mol. The third-order valence-corrected chi connectivity index (χ3v) is 3.90. The summed E-state index contributed by atoms with van der Waals surface area (Å²) in [6, 6.07) is 0.234. The van der Waals surface area contributed by atoms with Gasteiger partial charge in [0.25, 0.3) is 0 Å². The van der Waals surface area contributed by atoms with Crippen LogP contribution in [0.15, 0.2) is 0 Å². The van der Waals surface area contributed by atoms with Crippen molar-refractivity contribution >= 4 is 5.91 Å². The monoisotopic (exact) mass is 255 g/mol. The van der Waals surface area contributed by atoms with Gasteiger partial charge in [-0.05, 0) is 25.8 Å². The molecular formula is C13H25N3O2. The second kappa shape index (κ2) is 6.50. The lowest BCUT2D eigenvalue weighted by atomic mass is 10.1. The molecule has 5 heteroatoms. The highest BCUT2D eigenvalue weighted by Gasteiger charge is 2.32. The van der Waals surface area contributed by atoms with Gasteiger partial charge in [-0.15, -0.1) is 0 Å². The Bertz CT molecular complexity index is 285. The van der Waals surface area contributed by atoms with Crippen molar-refractivity contribution in [3.63, 3.8) is 0 Å². The fourth-order valence-corrected chi connectivity index (χ4v) is 2.80. The molecule has 2 aliphatic rings.